The third-order valence-electron chi connectivity index (χ3n) is 3.78. The molecule has 0 spiro atoms. The van der Waals surface area contributed by atoms with E-state index in [0.29, 0.717) is 12.0 Å². The van der Waals surface area contributed by atoms with Gasteiger partial charge in [0, 0.05) is 25.8 Å². The first-order valence-electron chi connectivity index (χ1n) is 6.56. The summed E-state index contributed by atoms with van der Waals surface area (Å²) >= 11 is 0. The third kappa shape index (κ3) is 3.51. The van der Waals surface area contributed by atoms with Crippen molar-refractivity contribution in [2.24, 2.45) is 11.1 Å². The lowest BCUT2D eigenvalue weighted by atomic mass is 9.89. The quantitative estimate of drug-likeness (QED) is 0.820. The first-order chi connectivity index (χ1) is 8.22. The van der Waals surface area contributed by atoms with E-state index < -0.39 is 0 Å². The van der Waals surface area contributed by atoms with E-state index in [2.05, 4.69) is 29.4 Å². The molecule has 2 rings (SSSR count). The molecule has 1 aromatic rings. The van der Waals surface area contributed by atoms with Crippen LogP contribution in [0.15, 0.2) is 18.3 Å². The molecule has 94 valence electrons. The van der Waals surface area contributed by atoms with Crippen LogP contribution in [0.25, 0.3) is 0 Å². The van der Waals surface area contributed by atoms with Gasteiger partial charge >= 0.3 is 0 Å². The molecule has 1 heterocycles. The van der Waals surface area contributed by atoms with E-state index in [1.54, 1.807) is 0 Å². The number of aromatic nitrogens is 1. The number of hydrogen-bond donors (Lipinski definition) is 2. The zero-order valence-electron chi connectivity index (χ0n) is 10.7. The molecule has 3 heteroatoms. The van der Waals surface area contributed by atoms with Gasteiger partial charge in [-0.25, -0.2) is 0 Å². The Bertz CT molecular complexity index is 356. The van der Waals surface area contributed by atoms with Crippen LogP contribution in [-0.2, 0) is 13.1 Å². The number of pyridine rings is 1. The summed E-state index contributed by atoms with van der Waals surface area (Å²) in [6.07, 6.45) is 7.36. The Balaban J connectivity index is 1.81. The minimum absolute atomic E-state index is 0.518. The number of nitrogens with one attached hydrogen (secondary N) is 1. The van der Waals surface area contributed by atoms with Crippen LogP contribution in [-0.4, -0.2) is 11.5 Å². The Kier molecular flexibility index (Phi) is 4.13. The first-order valence-corrected chi connectivity index (χ1v) is 6.56. The highest BCUT2D eigenvalue weighted by molar-refractivity contribution is 5.16. The van der Waals surface area contributed by atoms with Gasteiger partial charge in [0.25, 0.3) is 0 Å². The van der Waals surface area contributed by atoms with Gasteiger partial charge in [-0.1, -0.05) is 19.8 Å². The van der Waals surface area contributed by atoms with Crippen molar-refractivity contribution in [3.63, 3.8) is 0 Å². The summed E-state index contributed by atoms with van der Waals surface area (Å²) in [5, 5.41) is 3.57. The fraction of sp³-hybridized carbons (Fsp3) is 0.643. The minimum atomic E-state index is 0.518. The lowest BCUT2D eigenvalue weighted by Gasteiger charge is -2.23. The van der Waals surface area contributed by atoms with E-state index in [1.807, 2.05) is 6.20 Å². The molecule has 0 aliphatic heterocycles. The van der Waals surface area contributed by atoms with Gasteiger partial charge in [0.05, 0.1) is 5.69 Å². The molecular formula is C14H23N3. The lowest BCUT2D eigenvalue weighted by Crippen LogP contribution is -2.29. The third-order valence-corrected chi connectivity index (χ3v) is 3.78. The predicted octanol–water partition coefficient (Wildman–Crippen LogP) is 2.21. The van der Waals surface area contributed by atoms with Crippen molar-refractivity contribution < 1.29 is 0 Å². The van der Waals surface area contributed by atoms with Crippen molar-refractivity contribution in [1.29, 1.82) is 0 Å². The molecule has 3 nitrogen and oxygen atoms in total. The van der Waals surface area contributed by atoms with Gasteiger partial charge in [-0.3, -0.25) is 4.98 Å². The Labute approximate surface area is 104 Å². The highest BCUT2D eigenvalue weighted by Crippen LogP contribution is 2.36. The molecule has 1 aliphatic carbocycles. The maximum Gasteiger partial charge on any atom is 0.0542 e. The molecule has 3 N–H and O–H groups in total. The van der Waals surface area contributed by atoms with Crippen molar-refractivity contribution in [2.75, 3.05) is 6.54 Å². The minimum Gasteiger partial charge on any atom is -0.325 e. The van der Waals surface area contributed by atoms with Gasteiger partial charge in [-0.2, -0.15) is 0 Å². The van der Waals surface area contributed by atoms with Crippen LogP contribution >= 0.6 is 0 Å². The fourth-order valence-corrected chi connectivity index (χ4v) is 2.66. The average molecular weight is 233 g/mol. The summed E-state index contributed by atoms with van der Waals surface area (Å²) in [7, 11) is 0. The molecular weight excluding hydrogens is 210 g/mol. The monoisotopic (exact) mass is 233 g/mol. The Morgan fingerprint density at radius 2 is 2.18 bits per heavy atom. The molecule has 1 aromatic heterocycles. The Morgan fingerprint density at radius 3 is 2.88 bits per heavy atom. The maximum absolute atomic E-state index is 5.59. The highest BCUT2D eigenvalue weighted by atomic mass is 14.9. The van der Waals surface area contributed by atoms with Crippen LogP contribution in [0, 0.1) is 5.41 Å². The van der Waals surface area contributed by atoms with Crippen LogP contribution < -0.4 is 11.1 Å². The van der Waals surface area contributed by atoms with Crippen molar-refractivity contribution in [3.8, 4) is 0 Å². The van der Waals surface area contributed by atoms with Crippen molar-refractivity contribution in [1.82, 2.24) is 10.3 Å². The zero-order valence-corrected chi connectivity index (χ0v) is 10.7. The van der Waals surface area contributed by atoms with Crippen molar-refractivity contribution in [3.05, 3.63) is 29.6 Å². The summed E-state index contributed by atoms with van der Waals surface area (Å²) in [5.41, 5.74) is 8.35. The molecule has 0 bridgehead atoms. The van der Waals surface area contributed by atoms with Crippen LogP contribution in [0.3, 0.4) is 0 Å². The van der Waals surface area contributed by atoms with E-state index in [9.17, 15) is 0 Å². The van der Waals surface area contributed by atoms with Crippen molar-refractivity contribution in [2.45, 2.75) is 45.7 Å². The largest absolute Gasteiger partial charge is 0.325 e. The molecule has 0 aromatic carbocycles. The normalized spacial score (nSPS) is 18.5. The zero-order chi connectivity index (χ0) is 12.1. The van der Waals surface area contributed by atoms with Gasteiger partial charge in [0.2, 0.25) is 0 Å². The SMILES string of the molecule is CC1(CNCc2ccnc(CN)c2)CCCC1. The second kappa shape index (κ2) is 5.61. The molecule has 1 saturated carbocycles. The van der Waals surface area contributed by atoms with E-state index in [4.69, 9.17) is 5.73 Å². The standard InChI is InChI=1S/C14H23N3/c1-14(5-2-3-6-14)11-16-10-12-4-7-17-13(8-12)9-15/h4,7-8,16H,2-3,5-6,9-11,15H2,1H3. The number of hydrogen-bond acceptors (Lipinski definition) is 3. The molecule has 0 unspecified atom stereocenters. The summed E-state index contributed by atoms with van der Waals surface area (Å²) in [6, 6.07) is 4.15. The van der Waals surface area contributed by atoms with E-state index in [-0.39, 0.29) is 0 Å². The van der Waals surface area contributed by atoms with E-state index in [0.717, 1.165) is 18.8 Å². The smallest absolute Gasteiger partial charge is 0.0542 e. The van der Waals surface area contributed by atoms with E-state index in [1.165, 1.54) is 31.2 Å². The Hall–Kier alpha value is -0.930. The van der Waals surface area contributed by atoms with Crippen LogP contribution in [0.5, 0.6) is 0 Å². The fourth-order valence-electron chi connectivity index (χ4n) is 2.66. The second-order valence-electron chi connectivity index (χ2n) is 5.48. The maximum atomic E-state index is 5.59. The van der Waals surface area contributed by atoms with E-state index >= 15 is 0 Å². The van der Waals surface area contributed by atoms with Gasteiger partial charge in [0.15, 0.2) is 0 Å². The number of nitrogens with two attached hydrogens (primary N) is 1. The summed E-state index contributed by atoms with van der Waals surface area (Å²) in [4.78, 5) is 4.20. The molecule has 17 heavy (non-hydrogen) atoms. The van der Waals surface area contributed by atoms with Gasteiger partial charge < -0.3 is 11.1 Å². The lowest BCUT2D eigenvalue weighted by molar-refractivity contribution is 0.314. The van der Waals surface area contributed by atoms with Gasteiger partial charge in [-0.15, -0.1) is 0 Å². The molecule has 0 atom stereocenters. The van der Waals surface area contributed by atoms with Gasteiger partial charge in [0.1, 0.15) is 0 Å². The highest BCUT2D eigenvalue weighted by Gasteiger charge is 2.27. The predicted molar refractivity (Wildman–Crippen MR) is 70.4 cm³/mol. The Morgan fingerprint density at radius 1 is 1.41 bits per heavy atom. The number of nitrogens with zero attached hydrogens (tertiary/aromatic N) is 1. The molecule has 1 aliphatic rings. The topological polar surface area (TPSA) is 50.9 Å². The van der Waals surface area contributed by atoms with Crippen LogP contribution in [0.1, 0.15) is 43.9 Å². The average Bonchev–Trinajstić information content (AvgIpc) is 2.77. The summed E-state index contributed by atoms with van der Waals surface area (Å²) < 4.78 is 0. The van der Waals surface area contributed by atoms with Crippen LogP contribution in [0.4, 0.5) is 0 Å². The second-order valence-corrected chi connectivity index (χ2v) is 5.48. The van der Waals surface area contributed by atoms with Crippen molar-refractivity contribution >= 4 is 0 Å². The molecule has 0 radical (unpaired) electrons. The van der Waals surface area contributed by atoms with Crippen LogP contribution in [0.2, 0.25) is 0 Å². The summed E-state index contributed by atoms with van der Waals surface area (Å²) in [5.74, 6) is 0. The first kappa shape index (κ1) is 12.5. The molecule has 1 fully saturated rings. The number of rotatable bonds is 5. The molecule has 0 saturated heterocycles. The van der Waals surface area contributed by atoms with Gasteiger partial charge in [-0.05, 0) is 36.0 Å². The molecule has 0 amide bonds. The summed E-state index contributed by atoms with van der Waals surface area (Å²) in [6.45, 7) is 4.95.